The van der Waals surface area contributed by atoms with Crippen LogP contribution in [0.2, 0.25) is 0 Å². The molecule has 0 aliphatic rings. The van der Waals surface area contributed by atoms with Gasteiger partial charge in [0, 0.05) is 25.7 Å². The number of nitrogens with zero attached hydrogens (tertiary/aromatic N) is 1. The van der Waals surface area contributed by atoms with Crippen molar-refractivity contribution in [2.75, 3.05) is 60.0 Å². The molecule has 0 N–H and O–H groups in total. The van der Waals surface area contributed by atoms with E-state index in [-0.39, 0.29) is 17.0 Å². The van der Waals surface area contributed by atoms with E-state index in [1.54, 1.807) is 7.11 Å². The van der Waals surface area contributed by atoms with Crippen molar-refractivity contribution >= 4 is 0 Å². The van der Waals surface area contributed by atoms with Crippen LogP contribution in [0.3, 0.4) is 0 Å². The summed E-state index contributed by atoms with van der Waals surface area (Å²) < 4.78 is 29.0. The molecule has 0 bridgehead atoms. The van der Waals surface area contributed by atoms with Crippen LogP contribution in [0.15, 0.2) is 24.5 Å². The van der Waals surface area contributed by atoms with Crippen molar-refractivity contribution in [1.82, 2.24) is 0 Å². The van der Waals surface area contributed by atoms with Crippen LogP contribution in [-0.2, 0) is 25.5 Å². The van der Waals surface area contributed by atoms with Gasteiger partial charge >= 0.3 is 0 Å². The van der Waals surface area contributed by atoms with Gasteiger partial charge in [0.15, 0.2) is 12.4 Å². The van der Waals surface area contributed by atoms with Crippen molar-refractivity contribution in [2.45, 2.75) is 39.2 Å². The maximum absolute atomic E-state index is 5.68. The van der Waals surface area contributed by atoms with Gasteiger partial charge in [-0.15, -0.1) is 0 Å². The van der Waals surface area contributed by atoms with E-state index in [0.717, 1.165) is 12.3 Å². The quantitative estimate of drug-likeness (QED) is 0.226. The minimum Gasteiger partial charge on any atom is -1.00 e. The summed E-state index contributed by atoms with van der Waals surface area (Å²) in [5.41, 5.74) is 0. The first-order valence-corrected chi connectivity index (χ1v) is 9.71. The van der Waals surface area contributed by atoms with Crippen molar-refractivity contribution in [3.8, 4) is 5.75 Å². The third-order valence-corrected chi connectivity index (χ3v) is 3.80. The van der Waals surface area contributed by atoms with Crippen LogP contribution in [-0.4, -0.2) is 60.0 Å². The Kier molecular flexibility index (Phi) is 19.5. The number of unbranched alkanes of at least 4 members (excludes halogenated alkanes) is 3. The second-order valence-electron chi connectivity index (χ2n) is 6.01. The molecule has 1 heterocycles. The number of hydrogen-bond acceptors (Lipinski definition) is 5. The molecule has 158 valence electrons. The standard InChI is InChI=1S/C20H36NO5.BrH/c1-3-4-5-6-9-21-10-7-20(8-11-21)26-19-18-25-17-16-24-15-14-23-13-12-22-2;/h7-8,10-11H,3-6,9,12-19H2,1-2H3;1H/q+1;/p-1. The highest BCUT2D eigenvalue weighted by Crippen LogP contribution is 2.06. The fourth-order valence-electron chi connectivity index (χ4n) is 2.31. The third kappa shape index (κ3) is 16.0. The largest absolute Gasteiger partial charge is 1.00 e. The normalized spacial score (nSPS) is 10.6. The van der Waals surface area contributed by atoms with Crippen molar-refractivity contribution in [3.05, 3.63) is 24.5 Å². The summed E-state index contributed by atoms with van der Waals surface area (Å²) in [7, 11) is 1.66. The average Bonchev–Trinajstić information content (AvgIpc) is 2.67. The van der Waals surface area contributed by atoms with E-state index in [4.69, 9.17) is 23.7 Å². The highest BCUT2D eigenvalue weighted by Gasteiger charge is 2.01. The van der Waals surface area contributed by atoms with Crippen molar-refractivity contribution in [2.24, 2.45) is 0 Å². The second kappa shape index (κ2) is 20.0. The van der Waals surface area contributed by atoms with E-state index in [2.05, 4.69) is 23.9 Å². The van der Waals surface area contributed by atoms with Gasteiger partial charge in [-0.25, -0.2) is 4.57 Å². The molecule has 1 aromatic heterocycles. The zero-order valence-electron chi connectivity index (χ0n) is 16.9. The summed E-state index contributed by atoms with van der Waals surface area (Å²) in [4.78, 5) is 0. The molecule has 27 heavy (non-hydrogen) atoms. The SMILES string of the molecule is CCCCCC[n+]1ccc(OCCOCCOCCOCCOC)cc1.[Br-]. The summed E-state index contributed by atoms with van der Waals surface area (Å²) in [6.07, 6.45) is 9.26. The smallest absolute Gasteiger partial charge is 0.172 e. The van der Waals surface area contributed by atoms with Gasteiger partial charge in [-0.2, -0.15) is 0 Å². The molecular weight excluding hydrogens is 414 g/mol. The maximum atomic E-state index is 5.68. The molecule has 0 unspecified atom stereocenters. The fraction of sp³-hybridized carbons (Fsp3) is 0.750. The molecule has 7 heteroatoms. The Balaban J connectivity index is 0.00000676. The minimum absolute atomic E-state index is 0. The predicted octanol–water partition coefficient (Wildman–Crippen LogP) is -0.367. The maximum Gasteiger partial charge on any atom is 0.172 e. The molecule has 0 aromatic carbocycles. The monoisotopic (exact) mass is 449 g/mol. The lowest BCUT2D eigenvalue weighted by molar-refractivity contribution is -0.697. The van der Waals surface area contributed by atoms with E-state index in [0.29, 0.717) is 52.9 Å². The van der Waals surface area contributed by atoms with Crippen LogP contribution in [0, 0.1) is 0 Å². The van der Waals surface area contributed by atoms with Crippen LogP contribution < -0.4 is 26.3 Å². The molecule has 0 fully saturated rings. The lowest BCUT2D eigenvalue weighted by Crippen LogP contribution is -3.00. The topological polar surface area (TPSA) is 50.0 Å². The summed E-state index contributed by atoms with van der Waals surface area (Å²) >= 11 is 0. The lowest BCUT2D eigenvalue weighted by Gasteiger charge is -2.08. The highest BCUT2D eigenvalue weighted by molar-refractivity contribution is 5.14. The van der Waals surface area contributed by atoms with E-state index >= 15 is 0 Å². The van der Waals surface area contributed by atoms with Gasteiger partial charge in [0.1, 0.15) is 18.9 Å². The van der Waals surface area contributed by atoms with Gasteiger partial charge in [0.05, 0.1) is 46.2 Å². The number of ether oxygens (including phenoxy) is 5. The molecular formula is C20H36BrNO5. The van der Waals surface area contributed by atoms with Crippen molar-refractivity contribution < 1.29 is 45.2 Å². The van der Waals surface area contributed by atoms with E-state index < -0.39 is 0 Å². The Morgan fingerprint density at radius 1 is 0.741 bits per heavy atom. The second-order valence-corrected chi connectivity index (χ2v) is 6.01. The Morgan fingerprint density at radius 2 is 1.30 bits per heavy atom. The van der Waals surface area contributed by atoms with Crippen LogP contribution in [0.5, 0.6) is 5.75 Å². The van der Waals surface area contributed by atoms with Crippen LogP contribution >= 0.6 is 0 Å². The van der Waals surface area contributed by atoms with Crippen molar-refractivity contribution in [1.29, 1.82) is 0 Å². The zero-order valence-corrected chi connectivity index (χ0v) is 18.5. The van der Waals surface area contributed by atoms with E-state index in [9.17, 15) is 0 Å². The summed E-state index contributed by atoms with van der Waals surface area (Å²) in [6.45, 7) is 7.91. The van der Waals surface area contributed by atoms with Gasteiger partial charge in [-0.1, -0.05) is 19.8 Å². The molecule has 0 saturated carbocycles. The lowest BCUT2D eigenvalue weighted by atomic mass is 10.2. The molecule has 0 aliphatic carbocycles. The fourth-order valence-corrected chi connectivity index (χ4v) is 2.31. The number of methoxy groups -OCH3 is 1. The minimum atomic E-state index is 0. The van der Waals surface area contributed by atoms with Gasteiger partial charge in [0.25, 0.3) is 0 Å². The number of aromatic nitrogens is 1. The Bertz CT molecular complexity index is 419. The van der Waals surface area contributed by atoms with Crippen LogP contribution in [0.25, 0.3) is 0 Å². The number of aryl methyl sites for hydroxylation is 1. The molecule has 0 amide bonds. The summed E-state index contributed by atoms with van der Waals surface area (Å²) in [5, 5.41) is 0. The molecule has 0 atom stereocenters. The highest BCUT2D eigenvalue weighted by atomic mass is 79.9. The molecule has 6 nitrogen and oxygen atoms in total. The van der Waals surface area contributed by atoms with Crippen molar-refractivity contribution in [3.63, 3.8) is 0 Å². The Hall–Kier alpha value is -0.730. The first-order valence-electron chi connectivity index (χ1n) is 9.71. The Morgan fingerprint density at radius 3 is 1.85 bits per heavy atom. The third-order valence-electron chi connectivity index (χ3n) is 3.80. The first kappa shape index (κ1) is 26.3. The molecule has 0 spiro atoms. The predicted molar refractivity (Wildman–Crippen MR) is 101 cm³/mol. The first-order chi connectivity index (χ1) is 12.9. The summed E-state index contributed by atoms with van der Waals surface area (Å²) in [6, 6.07) is 4.01. The number of pyridine rings is 1. The Labute approximate surface area is 174 Å². The molecule has 1 rings (SSSR count). The zero-order chi connectivity index (χ0) is 18.7. The van der Waals surface area contributed by atoms with Gasteiger partial charge in [-0.3, -0.25) is 0 Å². The summed E-state index contributed by atoms with van der Waals surface area (Å²) in [5.74, 6) is 0.878. The molecule has 0 saturated heterocycles. The van der Waals surface area contributed by atoms with Crippen LogP contribution in [0.4, 0.5) is 0 Å². The van der Waals surface area contributed by atoms with E-state index in [1.807, 2.05) is 12.1 Å². The van der Waals surface area contributed by atoms with Gasteiger partial charge in [0.2, 0.25) is 0 Å². The van der Waals surface area contributed by atoms with Crippen LogP contribution in [0.1, 0.15) is 32.6 Å². The van der Waals surface area contributed by atoms with Gasteiger partial charge < -0.3 is 40.7 Å². The molecule has 1 aromatic rings. The van der Waals surface area contributed by atoms with E-state index in [1.165, 1.54) is 25.7 Å². The number of hydrogen-bond donors (Lipinski definition) is 0. The molecule has 0 radical (unpaired) electrons. The average molecular weight is 450 g/mol. The number of rotatable bonds is 18. The molecule has 0 aliphatic heterocycles. The number of halogens is 1. The van der Waals surface area contributed by atoms with Gasteiger partial charge in [-0.05, 0) is 6.42 Å².